The molecule has 11 heteroatoms. The third-order valence-corrected chi connectivity index (χ3v) is 5.66. The standard InChI is InChI=1S/C23H17N3O7S/c1-32-22-11-3-2-10-21(22)25-23(27)17(15-24)12-16-6-4-8-19(13-16)33-34(30,31)20-9-5-7-18(14-20)26(28)29/h2-14H,1H3,(H,25,27)/b17-12+. The minimum atomic E-state index is -4.37. The third-order valence-electron chi connectivity index (χ3n) is 4.41. The molecule has 1 N–H and O–H groups in total. The lowest BCUT2D eigenvalue weighted by molar-refractivity contribution is -0.385. The molecule has 0 saturated heterocycles. The monoisotopic (exact) mass is 479 g/mol. The van der Waals surface area contributed by atoms with Crippen molar-refractivity contribution in [1.29, 1.82) is 5.26 Å². The Hall–Kier alpha value is -4.69. The maximum absolute atomic E-state index is 12.6. The highest BCUT2D eigenvalue weighted by molar-refractivity contribution is 7.87. The van der Waals surface area contributed by atoms with Gasteiger partial charge in [0.05, 0.1) is 17.7 Å². The first kappa shape index (κ1) is 24.0. The topological polar surface area (TPSA) is 149 Å². The van der Waals surface area contributed by atoms with Crippen molar-refractivity contribution in [1.82, 2.24) is 0 Å². The van der Waals surface area contributed by atoms with Crippen LogP contribution in [-0.2, 0) is 14.9 Å². The maximum atomic E-state index is 12.6. The lowest BCUT2D eigenvalue weighted by Crippen LogP contribution is -2.14. The summed E-state index contributed by atoms with van der Waals surface area (Å²) in [7, 11) is -2.92. The molecule has 3 aromatic carbocycles. The van der Waals surface area contributed by atoms with Gasteiger partial charge in [-0.1, -0.05) is 30.3 Å². The molecule has 0 radical (unpaired) electrons. The quantitative estimate of drug-likeness (QED) is 0.168. The van der Waals surface area contributed by atoms with Crippen LogP contribution in [0.5, 0.6) is 11.5 Å². The lowest BCUT2D eigenvalue weighted by Gasteiger charge is -2.09. The van der Waals surface area contributed by atoms with E-state index in [1.165, 1.54) is 43.5 Å². The predicted octanol–water partition coefficient (Wildman–Crippen LogP) is 3.92. The number of para-hydroxylation sites is 2. The summed E-state index contributed by atoms with van der Waals surface area (Å²) in [6.45, 7) is 0. The van der Waals surface area contributed by atoms with Crippen molar-refractivity contribution in [3.05, 3.63) is 94.0 Å². The molecular formula is C23H17N3O7S. The van der Waals surface area contributed by atoms with Crippen LogP contribution >= 0.6 is 0 Å². The second kappa shape index (κ2) is 10.3. The maximum Gasteiger partial charge on any atom is 0.339 e. The second-order valence-corrected chi connectivity index (χ2v) is 8.23. The van der Waals surface area contributed by atoms with Gasteiger partial charge in [-0.25, -0.2) is 0 Å². The van der Waals surface area contributed by atoms with Crippen LogP contribution in [0.25, 0.3) is 6.08 Å². The molecule has 0 fully saturated rings. The molecule has 0 bridgehead atoms. The molecule has 0 aliphatic heterocycles. The number of benzene rings is 3. The van der Waals surface area contributed by atoms with Crippen molar-refractivity contribution in [2.24, 2.45) is 0 Å². The molecule has 0 aromatic heterocycles. The highest BCUT2D eigenvalue weighted by atomic mass is 32.2. The molecule has 0 heterocycles. The van der Waals surface area contributed by atoms with Crippen molar-refractivity contribution in [3.8, 4) is 17.6 Å². The van der Waals surface area contributed by atoms with Gasteiger partial charge in [-0.05, 0) is 42.0 Å². The van der Waals surface area contributed by atoms with E-state index in [2.05, 4.69) is 5.32 Å². The number of hydrogen-bond donors (Lipinski definition) is 1. The Kier molecular flexibility index (Phi) is 7.25. The van der Waals surface area contributed by atoms with Gasteiger partial charge in [0, 0.05) is 12.1 Å². The number of rotatable bonds is 8. The first-order valence-corrected chi connectivity index (χ1v) is 11.0. The molecule has 0 atom stereocenters. The van der Waals surface area contributed by atoms with Gasteiger partial charge in [0.2, 0.25) is 0 Å². The number of hydrogen-bond acceptors (Lipinski definition) is 8. The summed E-state index contributed by atoms with van der Waals surface area (Å²) >= 11 is 0. The van der Waals surface area contributed by atoms with Crippen LogP contribution < -0.4 is 14.2 Å². The van der Waals surface area contributed by atoms with E-state index in [4.69, 9.17) is 8.92 Å². The second-order valence-electron chi connectivity index (χ2n) is 6.69. The molecule has 0 aliphatic rings. The van der Waals surface area contributed by atoms with E-state index in [1.807, 2.05) is 0 Å². The summed E-state index contributed by atoms with van der Waals surface area (Å²) in [4.78, 5) is 22.4. The first-order chi connectivity index (χ1) is 16.2. The Balaban J connectivity index is 1.83. The van der Waals surface area contributed by atoms with Crippen LogP contribution in [0.4, 0.5) is 11.4 Å². The Bertz CT molecular complexity index is 1430. The smallest absolute Gasteiger partial charge is 0.339 e. The number of nitro benzene ring substituents is 1. The summed E-state index contributed by atoms with van der Waals surface area (Å²) < 4.78 is 35.4. The molecule has 0 spiro atoms. The molecule has 0 unspecified atom stereocenters. The zero-order chi connectivity index (χ0) is 24.7. The zero-order valence-electron chi connectivity index (χ0n) is 17.7. The molecule has 1 amide bonds. The van der Waals surface area contributed by atoms with Crippen LogP contribution in [0.1, 0.15) is 5.56 Å². The van der Waals surface area contributed by atoms with E-state index in [0.29, 0.717) is 17.0 Å². The number of ether oxygens (including phenoxy) is 1. The van der Waals surface area contributed by atoms with Gasteiger partial charge in [-0.15, -0.1) is 0 Å². The number of anilines is 1. The number of methoxy groups -OCH3 is 1. The van der Waals surface area contributed by atoms with E-state index in [-0.39, 0.29) is 11.3 Å². The number of nitrogens with zero attached hydrogens (tertiary/aromatic N) is 2. The fourth-order valence-electron chi connectivity index (χ4n) is 2.84. The number of non-ortho nitro benzene ring substituents is 1. The molecule has 10 nitrogen and oxygen atoms in total. The summed E-state index contributed by atoms with van der Waals surface area (Å²) in [6.07, 6.45) is 1.26. The van der Waals surface area contributed by atoms with E-state index >= 15 is 0 Å². The molecule has 0 aliphatic carbocycles. The summed E-state index contributed by atoms with van der Waals surface area (Å²) in [6, 6.07) is 18.6. The molecule has 3 rings (SSSR count). The zero-order valence-corrected chi connectivity index (χ0v) is 18.5. The minimum Gasteiger partial charge on any atom is -0.495 e. The largest absolute Gasteiger partial charge is 0.495 e. The summed E-state index contributed by atoms with van der Waals surface area (Å²) in [5.41, 5.74) is 0.0421. The Labute approximate surface area is 194 Å². The van der Waals surface area contributed by atoms with Crippen LogP contribution in [0.3, 0.4) is 0 Å². The van der Waals surface area contributed by atoms with Gasteiger partial charge in [-0.2, -0.15) is 13.7 Å². The minimum absolute atomic E-state index is 0.109. The van der Waals surface area contributed by atoms with Crippen molar-refractivity contribution in [2.45, 2.75) is 4.90 Å². The van der Waals surface area contributed by atoms with Gasteiger partial charge in [0.25, 0.3) is 11.6 Å². The van der Waals surface area contributed by atoms with Crippen LogP contribution in [0.15, 0.2) is 83.3 Å². The average molecular weight is 479 g/mol. The van der Waals surface area contributed by atoms with Crippen LogP contribution in [-0.4, -0.2) is 26.4 Å². The Morgan fingerprint density at radius 1 is 1.09 bits per heavy atom. The fraction of sp³-hybridized carbons (Fsp3) is 0.0435. The van der Waals surface area contributed by atoms with E-state index in [1.54, 1.807) is 36.4 Å². The number of nitro groups is 1. The first-order valence-electron chi connectivity index (χ1n) is 9.58. The van der Waals surface area contributed by atoms with Crippen molar-refractivity contribution in [2.75, 3.05) is 12.4 Å². The van der Waals surface area contributed by atoms with Crippen molar-refractivity contribution < 1.29 is 27.1 Å². The molecule has 172 valence electrons. The average Bonchev–Trinajstić information content (AvgIpc) is 2.82. The van der Waals surface area contributed by atoms with Crippen molar-refractivity contribution >= 4 is 33.5 Å². The van der Waals surface area contributed by atoms with E-state index in [0.717, 1.165) is 12.1 Å². The molecule has 34 heavy (non-hydrogen) atoms. The Morgan fingerprint density at radius 3 is 2.53 bits per heavy atom. The molecular weight excluding hydrogens is 462 g/mol. The number of carbonyl (C=O) groups excluding carboxylic acids is 1. The normalized spacial score (nSPS) is 11.2. The van der Waals surface area contributed by atoms with Gasteiger partial charge in [0.15, 0.2) is 0 Å². The number of amides is 1. The van der Waals surface area contributed by atoms with E-state index < -0.39 is 31.5 Å². The molecule has 0 saturated carbocycles. The van der Waals surface area contributed by atoms with Gasteiger partial charge in [0.1, 0.15) is 28.0 Å². The summed E-state index contributed by atoms with van der Waals surface area (Å²) in [5, 5.41) is 22.9. The predicted molar refractivity (Wildman–Crippen MR) is 123 cm³/mol. The van der Waals surface area contributed by atoms with Crippen LogP contribution in [0.2, 0.25) is 0 Å². The van der Waals surface area contributed by atoms with Crippen molar-refractivity contribution in [3.63, 3.8) is 0 Å². The van der Waals surface area contributed by atoms with E-state index in [9.17, 15) is 28.6 Å². The molecule has 3 aromatic rings. The SMILES string of the molecule is COc1ccccc1NC(=O)/C(C#N)=C/c1cccc(OS(=O)(=O)c2cccc([N+](=O)[O-])c2)c1. The highest BCUT2D eigenvalue weighted by Gasteiger charge is 2.20. The number of nitriles is 1. The number of carbonyl (C=O) groups is 1. The van der Waals surface area contributed by atoms with Gasteiger partial charge < -0.3 is 14.2 Å². The number of nitrogens with one attached hydrogen (secondary N) is 1. The lowest BCUT2D eigenvalue weighted by atomic mass is 10.1. The fourth-order valence-corrected chi connectivity index (χ4v) is 3.80. The third kappa shape index (κ3) is 5.76. The van der Waals surface area contributed by atoms with Gasteiger partial charge >= 0.3 is 10.1 Å². The van der Waals surface area contributed by atoms with Crippen LogP contribution in [0, 0.1) is 21.4 Å². The highest BCUT2D eigenvalue weighted by Crippen LogP contribution is 2.25. The van der Waals surface area contributed by atoms with Gasteiger partial charge in [-0.3, -0.25) is 14.9 Å². The Morgan fingerprint density at radius 2 is 1.82 bits per heavy atom. The summed E-state index contributed by atoms with van der Waals surface area (Å²) in [5.74, 6) is -0.389.